The molecule has 0 aromatic heterocycles. The lowest BCUT2D eigenvalue weighted by molar-refractivity contribution is -0.697. The number of alkyl halides is 3. The topological polar surface area (TPSA) is 16.8 Å². The minimum absolute atomic E-state index is 1.06. The van der Waals surface area contributed by atoms with E-state index in [1.54, 1.807) is 11.8 Å². The molecule has 0 radical (unpaired) electrons. The van der Waals surface area contributed by atoms with Crippen molar-refractivity contribution in [2.75, 3.05) is 6.26 Å². The average molecular weight is 275 g/mol. The third-order valence-electron chi connectivity index (χ3n) is 2.37. The Labute approximate surface area is 108 Å². The number of hydrogen-bond acceptors (Lipinski definition) is 2. The van der Waals surface area contributed by atoms with Gasteiger partial charge in [0.15, 0.2) is 5.69 Å². The van der Waals surface area contributed by atoms with Gasteiger partial charge in [-0.1, -0.05) is 18.2 Å². The van der Waals surface area contributed by atoms with Crippen LogP contribution in [-0.2, 0) is 7.05 Å². The van der Waals surface area contributed by atoms with Crippen molar-refractivity contribution < 1.29 is 17.7 Å². The number of thioether (sulfide) groups is 1. The number of hydrogen-bond donors (Lipinski definition) is 0. The van der Waals surface area contributed by atoms with Crippen molar-refractivity contribution in [2.24, 2.45) is 7.05 Å². The minimum atomic E-state index is -3.67. The van der Waals surface area contributed by atoms with E-state index < -0.39 is 6.68 Å². The molecule has 6 heteroatoms. The lowest BCUT2D eigenvalue weighted by Crippen LogP contribution is -2.29. The van der Waals surface area contributed by atoms with Gasteiger partial charge in [0.05, 0.1) is 7.05 Å². The molecule has 1 aliphatic heterocycles. The van der Waals surface area contributed by atoms with Crippen molar-refractivity contribution in [3.05, 3.63) is 29.8 Å². The summed E-state index contributed by atoms with van der Waals surface area (Å²) in [7, 11) is 2.06. The zero-order chi connectivity index (χ0) is 13.7. The second-order valence-corrected chi connectivity index (χ2v) is 4.31. The van der Waals surface area contributed by atoms with Crippen LogP contribution in [0.5, 0.6) is 0 Å². The van der Waals surface area contributed by atoms with Gasteiger partial charge in [-0.2, -0.15) is 13.2 Å². The highest BCUT2D eigenvalue weighted by atomic mass is 32.2. The lowest BCUT2D eigenvalue weighted by Gasteiger charge is -1.89. The molecule has 18 heavy (non-hydrogen) atoms. The molecule has 2 aliphatic rings. The number of rotatable bonds is 1. The minimum Gasteiger partial charge on any atom is -0.217 e. The van der Waals surface area contributed by atoms with Gasteiger partial charge in [0.25, 0.3) is 0 Å². The van der Waals surface area contributed by atoms with Crippen LogP contribution >= 0.6 is 11.8 Å². The summed E-state index contributed by atoms with van der Waals surface area (Å²) < 4.78 is 31.1. The van der Waals surface area contributed by atoms with Crippen LogP contribution in [0.3, 0.4) is 0 Å². The van der Waals surface area contributed by atoms with Crippen LogP contribution in [0.25, 0.3) is 11.4 Å². The summed E-state index contributed by atoms with van der Waals surface area (Å²) in [4.78, 5) is 4.60. The second kappa shape index (κ2) is 6.58. The number of aryl methyl sites for hydroxylation is 1. The Kier molecular flexibility index (Phi) is 5.40. The van der Waals surface area contributed by atoms with Crippen LogP contribution in [0.2, 0.25) is 0 Å². The van der Waals surface area contributed by atoms with Crippen LogP contribution in [0.15, 0.2) is 29.4 Å². The molecule has 0 aromatic carbocycles. The monoisotopic (exact) mass is 275 g/mol. The quantitative estimate of drug-likeness (QED) is 0.587. The maximum absolute atomic E-state index is 9.67. The molecule has 0 N–H and O–H groups in total. The van der Waals surface area contributed by atoms with E-state index >= 15 is 0 Å². The fourth-order valence-corrected chi connectivity index (χ4v) is 2.13. The first-order valence-corrected chi connectivity index (χ1v) is 6.41. The summed E-state index contributed by atoms with van der Waals surface area (Å²) in [5.74, 6) is 0. The predicted molar refractivity (Wildman–Crippen MR) is 65.7 cm³/mol. The molecular formula is C12H14F3N2S+. The lowest BCUT2D eigenvalue weighted by atomic mass is 10.2. The van der Waals surface area contributed by atoms with E-state index in [-0.39, 0.29) is 0 Å². The third kappa shape index (κ3) is 3.60. The molecule has 0 bridgehead atoms. The highest BCUT2D eigenvalue weighted by Gasteiger charge is 2.24. The van der Waals surface area contributed by atoms with Gasteiger partial charge in [0.1, 0.15) is 0 Å². The van der Waals surface area contributed by atoms with Gasteiger partial charge < -0.3 is 0 Å². The Morgan fingerprint density at radius 1 is 1.22 bits per heavy atom. The summed E-state index contributed by atoms with van der Waals surface area (Å²) in [6.07, 6.45) is 2.05. The maximum Gasteiger partial charge on any atom is 0.379 e. The number of imidazole rings is 1. The van der Waals surface area contributed by atoms with Gasteiger partial charge >= 0.3 is 11.8 Å². The zero-order valence-electron chi connectivity index (χ0n) is 10.3. The standard InChI is InChI=1S/C11H13N2S.CHF3/c1-8-6-4-5-7-9-10(8)12-11(14-3)13(9)2;2-1(3)4/h4-7H,1-3H3;1H/q+1;. The number of halogens is 3. The van der Waals surface area contributed by atoms with Crippen LogP contribution in [-0.4, -0.2) is 17.9 Å². The summed E-state index contributed by atoms with van der Waals surface area (Å²) in [6.45, 7) is -1.57. The molecule has 2 rings (SSSR count). The molecule has 0 spiro atoms. The first-order chi connectivity index (χ1) is 8.47. The van der Waals surface area contributed by atoms with Gasteiger partial charge in [-0.15, -0.1) is 0 Å². The predicted octanol–water partition coefficient (Wildman–Crippen LogP) is 3.22. The molecule has 2 nitrogen and oxygen atoms in total. The van der Waals surface area contributed by atoms with Crippen LogP contribution in [0.4, 0.5) is 13.2 Å². The van der Waals surface area contributed by atoms with Gasteiger partial charge in [0.2, 0.25) is 5.69 Å². The molecule has 1 aliphatic carbocycles. The molecular weight excluding hydrogens is 261 g/mol. The maximum atomic E-state index is 9.67. The van der Waals surface area contributed by atoms with E-state index in [4.69, 9.17) is 0 Å². The summed E-state index contributed by atoms with van der Waals surface area (Å²) in [5, 5.41) is 1.06. The molecule has 0 atom stereocenters. The van der Waals surface area contributed by atoms with Crippen molar-refractivity contribution in [2.45, 2.75) is 18.8 Å². The summed E-state index contributed by atoms with van der Waals surface area (Å²) in [6, 6.07) is 8.31. The van der Waals surface area contributed by atoms with E-state index in [0.29, 0.717) is 0 Å². The average Bonchev–Trinajstić information content (AvgIpc) is 2.48. The highest BCUT2D eigenvalue weighted by molar-refractivity contribution is 7.98. The van der Waals surface area contributed by atoms with Crippen molar-refractivity contribution in [1.82, 2.24) is 4.98 Å². The summed E-state index contributed by atoms with van der Waals surface area (Å²) in [5.41, 5.74) is 3.51. The zero-order valence-corrected chi connectivity index (χ0v) is 11.1. The SMILES string of the molecule is CSc1nc2c(C)ccccc-2[n+]1C.FC(F)F. The summed E-state index contributed by atoms with van der Waals surface area (Å²) >= 11 is 1.68. The third-order valence-corrected chi connectivity index (χ3v) is 3.10. The molecule has 0 fully saturated rings. The van der Waals surface area contributed by atoms with Crippen molar-refractivity contribution in [3.63, 3.8) is 0 Å². The van der Waals surface area contributed by atoms with E-state index in [9.17, 15) is 13.2 Å². The highest BCUT2D eigenvalue weighted by Crippen LogP contribution is 2.22. The fourth-order valence-electron chi connectivity index (χ4n) is 1.58. The van der Waals surface area contributed by atoms with Gasteiger partial charge in [-0.3, -0.25) is 0 Å². The van der Waals surface area contributed by atoms with E-state index in [0.717, 1.165) is 10.9 Å². The number of fused-ring (bicyclic) bond motifs is 1. The Hall–Kier alpha value is -1.30. The Morgan fingerprint density at radius 3 is 2.33 bits per heavy atom. The van der Waals surface area contributed by atoms with Crippen molar-refractivity contribution in [3.8, 4) is 11.4 Å². The fraction of sp³-hybridized carbons (Fsp3) is 0.333. The van der Waals surface area contributed by atoms with Crippen molar-refractivity contribution >= 4 is 11.8 Å². The normalized spacial score (nSPS) is 10.4. The molecule has 0 unspecified atom stereocenters. The molecule has 0 saturated heterocycles. The van der Waals surface area contributed by atoms with E-state index in [1.165, 1.54) is 11.3 Å². The molecule has 1 heterocycles. The molecule has 98 valence electrons. The molecule has 0 saturated carbocycles. The molecule has 0 amide bonds. The first-order valence-electron chi connectivity index (χ1n) is 5.19. The van der Waals surface area contributed by atoms with Crippen LogP contribution < -0.4 is 4.57 Å². The Bertz CT molecular complexity index is 488. The number of nitrogens with zero attached hydrogens (tertiary/aromatic N) is 2. The van der Waals surface area contributed by atoms with Gasteiger partial charge in [-0.05, 0) is 36.0 Å². The van der Waals surface area contributed by atoms with Gasteiger partial charge in [-0.25, -0.2) is 4.57 Å². The Morgan fingerprint density at radius 2 is 1.78 bits per heavy atom. The second-order valence-electron chi connectivity index (χ2n) is 3.54. The van der Waals surface area contributed by atoms with Crippen molar-refractivity contribution in [1.29, 1.82) is 0 Å². The molecule has 0 aromatic rings. The smallest absolute Gasteiger partial charge is 0.217 e. The van der Waals surface area contributed by atoms with Crippen LogP contribution in [0, 0.1) is 6.92 Å². The largest absolute Gasteiger partial charge is 0.379 e. The van der Waals surface area contributed by atoms with Gasteiger partial charge in [0, 0.05) is 5.56 Å². The van der Waals surface area contributed by atoms with Crippen LogP contribution in [0.1, 0.15) is 5.56 Å². The van der Waals surface area contributed by atoms with E-state index in [2.05, 4.69) is 54.0 Å². The first kappa shape index (κ1) is 14.8. The van der Waals surface area contributed by atoms with E-state index in [1.807, 2.05) is 0 Å². The number of aromatic nitrogens is 2. The Balaban J connectivity index is 0.000000357.